The van der Waals surface area contributed by atoms with Crippen LogP contribution in [0.1, 0.15) is 5.56 Å². The summed E-state index contributed by atoms with van der Waals surface area (Å²) in [6.45, 7) is 3.81. The van der Waals surface area contributed by atoms with Crippen LogP contribution in [0.3, 0.4) is 0 Å². The molecule has 0 atom stereocenters. The molecule has 0 radical (unpaired) electrons. The van der Waals surface area contributed by atoms with Crippen molar-refractivity contribution in [1.82, 2.24) is 15.1 Å². The Morgan fingerprint density at radius 3 is 2.10 bits per heavy atom. The number of nitrogens with one attached hydrogen (secondary N) is 2. The highest BCUT2D eigenvalue weighted by Crippen LogP contribution is 2.20. The third-order valence-corrected chi connectivity index (χ3v) is 5.08. The molecule has 1 aliphatic rings. The number of piperazine rings is 1. The predicted molar refractivity (Wildman–Crippen MR) is 111 cm³/mol. The van der Waals surface area contributed by atoms with Gasteiger partial charge in [-0.3, -0.25) is 19.4 Å². The fourth-order valence-corrected chi connectivity index (χ4v) is 3.31. The number of benzene rings is 2. The molecular formula is C21H24ClFN4O2. The molecule has 0 aliphatic carbocycles. The number of carbonyl (C=O) groups excluding carboxylic acids is 2. The summed E-state index contributed by atoms with van der Waals surface area (Å²) in [4.78, 5) is 28.5. The van der Waals surface area contributed by atoms with Crippen molar-refractivity contribution < 1.29 is 14.0 Å². The average Bonchev–Trinajstić information content (AvgIpc) is 2.71. The molecule has 6 nitrogen and oxygen atoms in total. The zero-order valence-corrected chi connectivity index (χ0v) is 16.8. The summed E-state index contributed by atoms with van der Waals surface area (Å²) < 4.78 is 12.9. The van der Waals surface area contributed by atoms with E-state index in [2.05, 4.69) is 20.4 Å². The predicted octanol–water partition coefficient (Wildman–Crippen LogP) is 2.35. The molecule has 2 N–H and O–H groups in total. The molecule has 0 unspecified atom stereocenters. The highest BCUT2D eigenvalue weighted by Gasteiger charge is 2.20. The van der Waals surface area contributed by atoms with Crippen molar-refractivity contribution in [3.05, 3.63) is 64.9 Å². The van der Waals surface area contributed by atoms with Gasteiger partial charge in [0.1, 0.15) is 5.82 Å². The normalized spacial score (nSPS) is 15.1. The zero-order valence-electron chi connectivity index (χ0n) is 16.0. The van der Waals surface area contributed by atoms with Gasteiger partial charge < -0.3 is 10.6 Å². The summed E-state index contributed by atoms with van der Waals surface area (Å²) in [6, 6.07) is 13.2. The Balaban J connectivity index is 1.35. The van der Waals surface area contributed by atoms with Gasteiger partial charge in [0.05, 0.1) is 23.8 Å². The van der Waals surface area contributed by atoms with Crippen LogP contribution in [0.5, 0.6) is 0 Å². The van der Waals surface area contributed by atoms with Gasteiger partial charge in [0.15, 0.2) is 0 Å². The van der Waals surface area contributed by atoms with Gasteiger partial charge in [-0.15, -0.1) is 0 Å². The Morgan fingerprint density at radius 2 is 1.48 bits per heavy atom. The molecule has 0 spiro atoms. The summed E-state index contributed by atoms with van der Waals surface area (Å²) in [5, 5.41) is 6.18. The Bertz CT molecular complexity index is 839. The van der Waals surface area contributed by atoms with Crippen LogP contribution in [0.15, 0.2) is 48.5 Å². The van der Waals surface area contributed by atoms with Crippen LogP contribution >= 0.6 is 11.6 Å². The Hall–Kier alpha value is -2.48. The van der Waals surface area contributed by atoms with E-state index in [0.29, 0.717) is 50.0 Å². The van der Waals surface area contributed by atoms with Gasteiger partial charge in [-0.1, -0.05) is 35.9 Å². The summed E-state index contributed by atoms with van der Waals surface area (Å²) in [7, 11) is 0. The minimum Gasteiger partial charge on any atom is -0.351 e. The van der Waals surface area contributed by atoms with Gasteiger partial charge in [0.25, 0.3) is 0 Å². The molecule has 1 aliphatic heterocycles. The zero-order chi connectivity index (χ0) is 20.6. The molecule has 2 aromatic rings. The van der Waals surface area contributed by atoms with E-state index >= 15 is 0 Å². The van der Waals surface area contributed by atoms with E-state index < -0.39 is 0 Å². The van der Waals surface area contributed by atoms with E-state index in [4.69, 9.17) is 11.6 Å². The molecule has 1 fully saturated rings. The molecule has 3 rings (SSSR count). The number of carbonyl (C=O) groups is 2. The van der Waals surface area contributed by atoms with Crippen molar-refractivity contribution in [3.63, 3.8) is 0 Å². The lowest BCUT2D eigenvalue weighted by Crippen LogP contribution is -2.50. The summed E-state index contributed by atoms with van der Waals surface area (Å²) in [5.41, 5.74) is 1.46. The van der Waals surface area contributed by atoms with Crippen LogP contribution in [0.4, 0.5) is 10.1 Å². The van der Waals surface area contributed by atoms with Crippen molar-refractivity contribution in [2.45, 2.75) is 6.54 Å². The van der Waals surface area contributed by atoms with Gasteiger partial charge in [0.2, 0.25) is 11.8 Å². The van der Waals surface area contributed by atoms with Gasteiger partial charge >= 0.3 is 0 Å². The van der Waals surface area contributed by atoms with Crippen LogP contribution in [-0.2, 0) is 16.1 Å². The number of hydrogen-bond donors (Lipinski definition) is 2. The molecule has 1 heterocycles. The largest absolute Gasteiger partial charge is 0.351 e. The van der Waals surface area contributed by atoms with Crippen molar-refractivity contribution in [3.8, 4) is 0 Å². The Labute approximate surface area is 174 Å². The van der Waals surface area contributed by atoms with Crippen molar-refractivity contribution in [2.24, 2.45) is 0 Å². The molecule has 0 bridgehead atoms. The number of nitrogens with zero attached hydrogens (tertiary/aromatic N) is 2. The lowest BCUT2D eigenvalue weighted by atomic mass is 10.2. The lowest BCUT2D eigenvalue weighted by Gasteiger charge is -2.33. The maximum absolute atomic E-state index is 12.9. The molecule has 2 aromatic carbocycles. The highest BCUT2D eigenvalue weighted by molar-refractivity contribution is 6.33. The number of halogens is 2. The first kappa shape index (κ1) is 21.2. The van der Waals surface area contributed by atoms with Gasteiger partial charge in [-0.05, 0) is 29.8 Å². The van der Waals surface area contributed by atoms with Gasteiger partial charge in [0, 0.05) is 32.7 Å². The van der Waals surface area contributed by atoms with Crippen LogP contribution in [0.2, 0.25) is 5.02 Å². The average molecular weight is 419 g/mol. The van der Waals surface area contributed by atoms with E-state index in [0.717, 1.165) is 5.56 Å². The maximum atomic E-state index is 12.9. The third-order valence-electron chi connectivity index (χ3n) is 4.75. The molecule has 0 aromatic heterocycles. The van der Waals surface area contributed by atoms with Crippen molar-refractivity contribution in [2.75, 3.05) is 44.6 Å². The number of amides is 2. The van der Waals surface area contributed by atoms with E-state index in [1.54, 1.807) is 24.3 Å². The minimum absolute atomic E-state index is 0.0702. The second kappa shape index (κ2) is 10.3. The van der Waals surface area contributed by atoms with Crippen molar-refractivity contribution >= 4 is 29.1 Å². The first-order valence-corrected chi connectivity index (χ1v) is 9.87. The smallest absolute Gasteiger partial charge is 0.238 e. The molecule has 154 valence electrons. The third kappa shape index (κ3) is 6.81. The molecule has 1 saturated heterocycles. The highest BCUT2D eigenvalue weighted by atomic mass is 35.5. The molecular weight excluding hydrogens is 395 g/mol. The Morgan fingerprint density at radius 1 is 0.897 bits per heavy atom. The summed E-state index contributed by atoms with van der Waals surface area (Å²) in [5.74, 6) is -0.471. The molecule has 2 amide bonds. The first-order chi connectivity index (χ1) is 14.0. The van der Waals surface area contributed by atoms with E-state index in [-0.39, 0.29) is 24.2 Å². The van der Waals surface area contributed by atoms with E-state index in [1.165, 1.54) is 12.1 Å². The summed E-state index contributed by atoms with van der Waals surface area (Å²) >= 11 is 6.06. The topological polar surface area (TPSA) is 64.7 Å². The molecule has 0 saturated carbocycles. The quantitative estimate of drug-likeness (QED) is 0.724. The SMILES string of the molecule is O=C(CN1CCN(CC(=O)Nc2ccccc2Cl)CC1)NCc1ccc(F)cc1. The van der Waals surface area contributed by atoms with Gasteiger partial charge in [-0.25, -0.2) is 4.39 Å². The second-order valence-corrected chi connectivity index (χ2v) is 7.39. The Kier molecular flexibility index (Phi) is 7.57. The van der Waals surface area contributed by atoms with Crippen molar-refractivity contribution in [1.29, 1.82) is 0 Å². The standard InChI is InChI=1S/C21H24ClFN4O2/c22-18-3-1-2-4-19(18)25-21(29)15-27-11-9-26(10-12-27)14-20(28)24-13-16-5-7-17(23)8-6-16/h1-8H,9-15H2,(H,24,28)(H,25,29). The van der Waals surface area contributed by atoms with Gasteiger partial charge in [-0.2, -0.15) is 0 Å². The monoisotopic (exact) mass is 418 g/mol. The first-order valence-electron chi connectivity index (χ1n) is 9.50. The van der Waals surface area contributed by atoms with E-state index in [1.807, 2.05) is 12.1 Å². The lowest BCUT2D eigenvalue weighted by molar-refractivity contribution is -0.123. The fraction of sp³-hybridized carbons (Fsp3) is 0.333. The fourth-order valence-electron chi connectivity index (χ4n) is 3.12. The number of rotatable bonds is 7. The second-order valence-electron chi connectivity index (χ2n) is 6.98. The maximum Gasteiger partial charge on any atom is 0.238 e. The molecule has 29 heavy (non-hydrogen) atoms. The van der Waals surface area contributed by atoms with Crippen LogP contribution in [0.25, 0.3) is 0 Å². The van der Waals surface area contributed by atoms with E-state index in [9.17, 15) is 14.0 Å². The van der Waals surface area contributed by atoms with Crippen LogP contribution < -0.4 is 10.6 Å². The number of anilines is 1. The minimum atomic E-state index is -0.293. The van der Waals surface area contributed by atoms with Crippen LogP contribution in [0, 0.1) is 5.82 Å². The number of para-hydroxylation sites is 1. The summed E-state index contributed by atoms with van der Waals surface area (Å²) in [6.07, 6.45) is 0. The number of hydrogen-bond acceptors (Lipinski definition) is 4. The molecule has 8 heteroatoms. The van der Waals surface area contributed by atoms with Crippen LogP contribution in [-0.4, -0.2) is 60.9 Å².